The highest BCUT2D eigenvalue weighted by Gasteiger charge is 2.24. The fraction of sp³-hybridized carbons (Fsp3) is 0.538. The Morgan fingerprint density at radius 3 is 2.71 bits per heavy atom. The van der Waals surface area contributed by atoms with Crippen LogP contribution in [0, 0.1) is 5.92 Å². The summed E-state index contributed by atoms with van der Waals surface area (Å²) >= 11 is 0. The monoisotopic (exact) mass is 314 g/mol. The Kier molecular flexibility index (Phi) is 4.92. The second-order valence-electron chi connectivity index (χ2n) is 5.04. The van der Waals surface area contributed by atoms with Gasteiger partial charge >= 0.3 is 5.97 Å². The van der Waals surface area contributed by atoms with Crippen molar-refractivity contribution in [3.8, 4) is 0 Å². The molecule has 1 heterocycles. The second-order valence-corrected chi connectivity index (χ2v) is 7.03. The number of carboxylic acids is 1. The van der Waals surface area contributed by atoms with Gasteiger partial charge in [0.2, 0.25) is 0 Å². The van der Waals surface area contributed by atoms with Crippen LogP contribution < -0.4 is 0 Å². The summed E-state index contributed by atoms with van der Waals surface area (Å²) in [6.07, 6.45) is 3.41. The van der Waals surface area contributed by atoms with E-state index in [9.17, 15) is 13.2 Å². The maximum absolute atomic E-state index is 12.2. The summed E-state index contributed by atoms with van der Waals surface area (Å²) in [5, 5.41) is 8.60. The normalized spacial score (nSPS) is 15.3. The molecule has 116 valence electrons. The van der Waals surface area contributed by atoms with Crippen LogP contribution in [0.1, 0.15) is 23.2 Å². The van der Waals surface area contributed by atoms with Crippen LogP contribution in [0.4, 0.5) is 0 Å². The number of ether oxygens (including phenoxy) is 1. The molecule has 0 aromatic carbocycles. The zero-order chi connectivity index (χ0) is 15.5. The van der Waals surface area contributed by atoms with E-state index in [1.807, 2.05) is 0 Å². The van der Waals surface area contributed by atoms with Gasteiger partial charge in [-0.05, 0) is 30.9 Å². The second kappa shape index (κ2) is 6.50. The van der Waals surface area contributed by atoms with Crippen LogP contribution in [0.2, 0.25) is 0 Å². The lowest BCUT2D eigenvalue weighted by atomic mass is 10.3. The highest BCUT2D eigenvalue weighted by molar-refractivity contribution is 7.89. The van der Waals surface area contributed by atoms with E-state index < -0.39 is 16.0 Å². The number of rotatable bonds is 8. The number of hydrogen-bond donors (Lipinski definition) is 1. The molecule has 0 saturated heterocycles. The topological polar surface area (TPSA) is 96.8 Å². The maximum atomic E-state index is 12.2. The fourth-order valence-corrected chi connectivity index (χ4v) is 2.73. The van der Waals surface area contributed by atoms with E-state index in [0.29, 0.717) is 19.1 Å². The van der Waals surface area contributed by atoms with Crippen molar-refractivity contribution in [1.82, 2.24) is 9.29 Å². The molecule has 1 fully saturated rings. The Balaban J connectivity index is 1.93. The van der Waals surface area contributed by atoms with Gasteiger partial charge in [-0.3, -0.25) is 0 Å². The number of likely N-dealkylation sites (N-methyl/N-ethyl adjacent to an activating group) is 1. The molecule has 0 unspecified atom stereocenters. The first-order valence-electron chi connectivity index (χ1n) is 6.64. The minimum atomic E-state index is -3.72. The highest BCUT2D eigenvalue weighted by atomic mass is 32.2. The number of pyridine rings is 1. The number of aromatic nitrogens is 1. The van der Waals surface area contributed by atoms with Crippen molar-refractivity contribution < 1.29 is 23.1 Å². The van der Waals surface area contributed by atoms with Gasteiger partial charge in [0.05, 0.1) is 12.2 Å². The smallest absolute Gasteiger partial charge is 0.337 e. The Hall–Kier alpha value is -1.51. The molecular weight excluding hydrogens is 296 g/mol. The number of hydrogen-bond acceptors (Lipinski definition) is 5. The number of carboxylic acid groups (broad SMARTS) is 1. The first-order valence-corrected chi connectivity index (χ1v) is 8.08. The first-order chi connectivity index (χ1) is 9.91. The molecule has 0 atom stereocenters. The third kappa shape index (κ3) is 4.23. The Labute approximate surface area is 123 Å². The summed E-state index contributed by atoms with van der Waals surface area (Å²) in [4.78, 5) is 14.4. The lowest BCUT2D eigenvalue weighted by molar-refractivity contribution is 0.0696. The summed E-state index contributed by atoms with van der Waals surface area (Å²) in [6, 6.07) is 2.42. The first kappa shape index (κ1) is 15.9. The van der Waals surface area contributed by atoms with Crippen LogP contribution in [-0.4, -0.2) is 55.6 Å². The van der Waals surface area contributed by atoms with Crippen LogP contribution in [0.3, 0.4) is 0 Å². The maximum Gasteiger partial charge on any atom is 0.337 e. The fourth-order valence-electron chi connectivity index (χ4n) is 1.67. The van der Waals surface area contributed by atoms with Gasteiger partial charge in [-0.2, -0.15) is 4.31 Å². The standard InChI is InChI=1S/C13H18N2O5S/c1-15(6-7-20-9-10-2-3-10)21(18,19)12-5-4-11(8-14-12)13(16)17/h4-5,8,10H,2-3,6-7,9H2,1H3,(H,16,17). The van der Waals surface area contributed by atoms with Crippen LogP contribution in [0.15, 0.2) is 23.4 Å². The predicted molar refractivity (Wildman–Crippen MR) is 74.6 cm³/mol. The van der Waals surface area contributed by atoms with Gasteiger partial charge in [-0.1, -0.05) is 0 Å². The molecule has 1 aromatic rings. The summed E-state index contributed by atoms with van der Waals surface area (Å²) < 4.78 is 31.0. The number of nitrogens with zero attached hydrogens (tertiary/aromatic N) is 2. The molecule has 0 bridgehead atoms. The molecule has 1 aromatic heterocycles. The van der Waals surface area contributed by atoms with E-state index in [0.717, 1.165) is 10.5 Å². The van der Waals surface area contributed by atoms with Crippen LogP contribution >= 0.6 is 0 Å². The molecule has 0 amide bonds. The van der Waals surface area contributed by atoms with Crippen molar-refractivity contribution in [3.63, 3.8) is 0 Å². The molecule has 1 saturated carbocycles. The molecule has 0 spiro atoms. The highest BCUT2D eigenvalue weighted by Crippen LogP contribution is 2.28. The van der Waals surface area contributed by atoms with Crippen molar-refractivity contribution in [2.75, 3.05) is 26.8 Å². The van der Waals surface area contributed by atoms with Gasteiger partial charge in [-0.15, -0.1) is 0 Å². The molecule has 8 heteroatoms. The zero-order valence-electron chi connectivity index (χ0n) is 11.7. The Morgan fingerprint density at radius 2 is 2.19 bits per heavy atom. The third-order valence-electron chi connectivity index (χ3n) is 3.26. The predicted octanol–water partition coefficient (Wildman–Crippen LogP) is 0.827. The van der Waals surface area contributed by atoms with E-state index in [-0.39, 0.29) is 17.1 Å². The van der Waals surface area contributed by atoms with Crippen molar-refractivity contribution in [2.24, 2.45) is 5.92 Å². The van der Waals surface area contributed by atoms with Crippen molar-refractivity contribution in [2.45, 2.75) is 17.9 Å². The third-order valence-corrected chi connectivity index (χ3v) is 5.03. The average molecular weight is 314 g/mol. The molecule has 0 aliphatic heterocycles. The van der Waals surface area contributed by atoms with Gasteiger partial charge < -0.3 is 9.84 Å². The van der Waals surface area contributed by atoms with Gasteiger partial charge in [0.15, 0.2) is 5.03 Å². The summed E-state index contributed by atoms with van der Waals surface area (Å²) in [5.74, 6) is -0.509. The minimum Gasteiger partial charge on any atom is -0.478 e. The molecule has 1 N–H and O–H groups in total. The summed E-state index contributed by atoms with van der Waals surface area (Å²) in [7, 11) is -2.27. The molecule has 2 rings (SSSR count). The Morgan fingerprint density at radius 1 is 1.48 bits per heavy atom. The van der Waals surface area contributed by atoms with E-state index in [2.05, 4.69) is 4.98 Å². The van der Waals surface area contributed by atoms with Crippen LogP contribution in [-0.2, 0) is 14.8 Å². The van der Waals surface area contributed by atoms with Gasteiger partial charge in [-0.25, -0.2) is 18.2 Å². The minimum absolute atomic E-state index is 0.0515. The molecule has 1 aliphatic rings. The summed E-state index contributed by atoms with van der Waals surface area (Å²) in [6.45, 7) is 1.25. The lowest BCUT2D eigenvalue weighted by Crippen LogP contribution is -2.31. The molecular formula is C13H18N2O5S. The number of aromatic carboxylic acids is 1. The largest absolute Gasteiger partial charge is 0.478 e. The van der Waals surface area contributed by atoms with Gasteiger partial charge in [0, 0.05) is 26.4 Å². The SMILES string of the molecule is CN(CCOCC1CC1)S(=O)(=O)c1ccc(C(=O)O)cn1. The quantitative estimate of drug-likeness (QED) is 0.714. The average Bonchev–Trinajstić information content (AvgIpc) is 3.27. The van der Waals surface area contributed by atoms with Gasteiger partial charge in [0.25, 0.3) is 10.0 Å². The van der Waals surface area contributed by atoms with E-state index in [1.54, 1.807) is 0 Å². The van der Waals surface area contributed by atoms with Crippen molar-refractivity contribution in [1.29, 1.82) is 0 Å². The van der Waals surface area contributed by atoms with E-state index in [1.165, 1.54) is 32.0 Å². The number of carbonyl (C=O) groups is 1. The van der Waals surface area contributed by atoms with E-state index >= 15 is 0 Å². The van der Waals surface area contributed by atoms with Crippen molar-refractivity contribution in [3.05, 3.63) is 23.9 Å². The molecule has 0 radical (unpaired) electrons. The molecule has 1 aliphatic carbocycles. The van der Waals surface area contributed by atoms with Crippen molar-refractivity contribution >= 4 is 16.0 Å². The van der Waals surface area contributed by atoms with Crippen LogP contribution in [0.5, 0.6) is 0 Å². The zero-order valence-corrected chi connectivity index (χ0v) is 12.5. The van der Waals surface area contributed by atoms with Gasteiger partial charge in [0.1, 0.15) is 0 Å². The lowest BCUT2D eigenvalue weighted by Gasteiger charge is -2.16. The molecule has 21 heavy (non-hydrogen) atoms. The molecule has 7 nitrogen and oxygen atoms in total. The number of sulfonamides is 1. The van der Waals surface area contributed by atoms with Crippen LogP contribution in [0.25, 0.3) is 0 Å². The van der Waals surface area contributed by atoms with E-state index in [4.69, 9.17) is 9.84 Å². The summed E-state index contributed by atoms with van der Waals surface area (Å²) in [5.41, 5.74) is -0.0515. The Bertz CT molecular complexity index is 595.